The third-order valence-corrected chi connectivity index (χ3v) is 2.47. The second kappa shape index (κ2) is 5.47. The summed E-state index contributed by atoms with van der Waals surface area (Å²) < 4.78 is 0. The molecule has 0 spiro atoms. The molecule has 4 heteroatoms. The molecule has 0 fully saturated rings. The maximum atomic E-state index is 8.81. The van der Waals surface area contributed by atoms with Gasteiger partial charge in [0.15, 0.2) is 5.11 Å². The molecule has 0 saturated carbocycles. The average molecular weight is 233 g/mol. The van der Waals surface area contributed by atoms with Crippen molar-refractivity contribution in [1.82, 2.24) is 5.32 Å². The van der Waals surface area contributed by atoms with Crippen LogP contribution in [-0.4, -0.2) is 18.2 Å². The van der Waals surface area contributed by atoms with Crippen LogP contribution in [0.3, 0.4) is 0 Å². The normalized spacial score (nSPS) is 9.69. The Kier molecular flexibility index (Phi) is 4.27. The minimum absolute atomic E-state index is 0.300. The van der Waals surface area contributed by atoms with E-state index in [0.29, 0.717) is 16.7 Å². The minimum atomic E-state index is 0.300. The topological polar surface area (TPSA) is 39.1 Å². The predicted octanol–water partition coefficient (Wildman–Crippen LogP) is 2.28. The van der Waals surface area contributed by atoms with Crippen LogP contribution in [-0.2, 0) is 0 Å². The zero-order valence-electron chi connectivity index (χ0n) is 9.69. The smallest absolute Gasteiger partial charge is 0.173 e. The van der Waals surface area contributed by atoms with Gasteiger partial charge in [-0.15, -0.1) is 0 Å². The van der Waals surface area contributed by atoms with E-state index in [1.807, 2.05) is 44.0 Å². The molecule has 16 heavy (non-hydrogen) atoms. The summed E-state index contributed by atoms with van der Waals surface area (Å²) in [7, 11) is 1.88. The van der Waals surface area contributed by atoms with E-state index < -0.39 is 0 Å². The van der Waals surface area contributed by atoms with Gasteiger partial charge >= 0.3 is 0 Å². The van der Waals surface area contributed by atoms with Gasteiger partial charge in [-0.1, -0.05) is 6.07 Å². The molecule has 0 aliphatic carbocycles. The van der Waals surface area contributed by atoms with Crippen molar-refractivity contribution in [3.05, 3.63) is 29.8 Å². The number of thiocarbonyl (C=S) groups is 1. The fourth-order valence-electron chi connectivity index (χ4n) is 1.25. The lowest BCUT2D eigenvalue weighted by Gasteiger charge is -2.22. The average Bonchev–Trinajstić information content (AvgIpc) is 2.27. The molecule has 0 radical (unpaired) electrons. The Labute approximate surface area is 102 Å². The monoisotopic (exact) mass is 233 g/mol. The van der Waals surface area contributed by atoms with E-state index in [0.717, 1.165) is 5.69 Å². The summed E-state index contributed by atoms with van der Waals surface area (Å²) in [4.78, 5) is 1.86. The van der Waals surface area contributed by atoms with Gasteiger partial charge in [-0.3, -0.25) is 0 Å². The number of rotatable bonds is 2. The number of nitrogens with one attached hydrogen (secondary N) is 1. The van der Waals surface area contributed by atoms with Gasteiger partial charge in [0.1, 0.15) is 0 Å². The summed E-state index contributed by atoms with van der Waals surface area (Å²) in [6, 6.07) is 9.77. The molecule has 84 valence electrons. The Morgan fingerprint density at radius 1 is 1.50 bits per heavy atom. The van der Waals surface area contributed by atoms with E-state index in [9.17, 15) is 0 Å². The second-order valence-corrected chi connectivity index (χ2v) is 4.21. The van der Waals surface area contributed by atoms with Gasteiger partial charge < -0.3 is 10.2 Å². The first-order valence-corrected chi connectivity index (χ1v) is 5.50. The van der Waals surface area contributed by atoms with Crippen molar-refractivity contribution in [2.24, 2.45) is 0 Å². The summed E-state index contributed by atoms with van der Waals surface area (Å²) in [5, 5.41) is 12.6. The third kappa shape index (κ3) is 3.21. The molecule has 1 aromatic rings. The molecule has 1 N–H and O–H groups in total. The summed E-state index contributed by atoms with van der Waals surface area (Å²) in [5.41, 5.74) is 1.55. The first-order valence-electron chi connectivity index (χ1n) is 5.09. The quantitative estimate of drug-likeness (QED) is 0.795. The van der Waals surface area contributed by atoms with Crippen molar-refractivity contribution in [3.63, 3.8) is 0 Å². The van der Waals surface area contributed by atoms with E-state index in [1.54, 1.807) is 6.07 Å². The maximum absolute atomic E-state index is 8.81. The molecule has 0 amide bonds. The molecular weight excluding hydrogens is 218 g/mol. The molecule has 0 unspecified atom stereocenters. The van der Waals surface area contributed by atoms with Crippen molar-refractivity contribution in [1.29, 1.82) is 5.26 Å². The fraction of sp³-hybridized carbons (Fsp3) is 0.333. The lowest BCUT2D eigenvalue weighted by Crippen LogP contribution is -2.40. The Morgan fingerprint density at radius 2 is 2.19 bits per heavy atom. The molecule has 0 atom stereocenters. The van der Waals surface area contributed by atoms with E-state index >= 15 is 0 Å². The minimum Gasteiger partial charge on any atom is -0.360 e. The molecule has 1 rings (SSSR count). The Balaban J connectivity index is 2.84. The number of nitriles is 1. The standard InChI is InChI=1S/C12H15N3S/c1-9(2)14-12(16)15(3)11-6-4-5-10(7-11)8-13/h4-7,9H,1-3H3,(H,14,16). The molecular formula is C12H15N3S. The molecule has 0 aromatic heterocycles. The summed E-state index contributed by atoms with van der Waals surface area (Å²) in [6.45, 7) is 4.07. The maximum Gasteiger partial charge on any atom is 0.173 e. The third-order valence-electron chi connectivity index (χ3n) is 2.08. The van der Waals surface area contributed by atoms with Crippen LogP contribution in [0.4, 0.5) is 5.69 Å². The SMILES string of the molecule is CC(C)NC(=S)N(C)c1cccc(C#N)c1. The van der Waals surface area contributed by atoms with E-state index in [-0.39, 0.29) is 0 Å². The van der Waals surface area contributed by atoms with Gasteiger partial charge in [-0.05, 0) is 44.3 Å². The fourth-order valence-corrected chi connectivity index (χ4v) is 1.59. The second-order valence-electron chi connectivity index (χ2n) is 3.83. The Hall–Kier alpha value is -1.60. The Morgan fingerprint density at radius 3 is 2.75 bits per heavy atom. The molecule has 1 aromatic carbocycles. The molecule has 0 aliphatic rings. The van der Waals surface area contributed by atoms with Crippen LogP contribution in [0.2, 0.25) is 0 Å². The molecule has 0 aliphatic heterocycles. The number of hydrogen-bond acceptors (Lipinski definition) is 2. The van der Waals surface area contributed by atoms with Crippen LogP contribution >= 0.6 is 12.2 Å². The van der Waals surface area contributed by atoms with Gasteiger partial charge in [0.2, 0.25) is 0 Å². The highest BCUT2D eigenvalue weighted by molar-refractivity contribution is 7.80. The number of benzene rings is 1. The van der Waals surface area contributed by atoms with Crippen LogP contribution in [0.1, 0.15) is 19.4 Å². The van der Waals surface area contributed by atoms with Crippen LogP contribution < -0.4 is 10.2 Å². The molecule has 0 heterocycles. The van der Waals surface area contributed by atoms with E-state index in [4.69, 9.17) is 17.5 Å². The van der Waals surface area contributed by atoms with Crippen LogP contribution in [0.15, 0.2) is 24.3 Å². The van der Waals surface area contributed by atoms with Gasteiger partial charge in [-0.2, -0.15) is 5.26 Å². The number of hydrogen-bond donors (Lipinski definition) is 1. The van der Waals surface area contributed by atoms with E-state index in [1.165, 1.54) is 0 Å². The first kappa shape index (κ1) is 12.5. The number of anilines is 1. The van der Waals surface area contributed by atoms with Crippen molar-refractivity contribution < 1.29 is 0 Å². The predicted molar refractivity (Wildman–Crippen MR) is 70.4 cm³/mol. The van der Waals surface area contributed by atoms with Crippen molar-refractivity contribution in [2.75, 3.05) is 11.9 Å². The van der Waals surface area contributed by atoms with E-state index in [2.05, 4.69) is 11.4 Å². The van der Waals surface area contributed by atoms with Crippen LogP contribution in [0, 0.1) is 11.3 Å². The van der Waals surface area contributed by atoms with Gasteiger partial charge in [0.05, 0.1) is 11.6 Å². The molecule has 0 bridgehead atoms. The highest BCUT2D eigenvalue weighted by Gasteiger charge is 2.07. The largest absolute Gasteiger partial charge is 0.360 e. The molecule has 0 saturated heterocycles. The van der Waals surface area contributed by atoms with Gasteiger partial charge in [0.25, 0.3) is 0 Å². The summed E-state index contributed by atoms with van der Waals surface area (Å²) >= 11 is 5.25. The first-order chi connectivity index (χ1) is 7.54. The van der Waals surface area contributed by atoms with Gasteiger partial charge in [0, 0.05) is 18.8 Å². The summed E-state index contributed by atoms with van der Waals surface area (Å²) in [6.07, 6.45) is 0. The number of nitrogens with zero attached hydrogens (tertiary/aromatic N) is 2. The van der Waals surface area contributed by atoms with Crippen LogP contribution in [0.25, 0.3) is 0 Å². The highest BCUT2D eigenvalue weighted by Crippen LogP contribution is 2.14. The van der Waals surface area contributed by atoms with Crippen LogP contribution in [0.5, 0.6) is 0 Å². The lowest BCUT2D eigenvalue weighted by molar-refractivity contribution is 0.732. The van der Waals surface area contributed by atoms with Crippen molar-refractivity contribution in [2.45, 2.75) is 19.9 Å². The zero-order valence-corrected chi connectivity index (χ0v) is 10.5. The zero-order chi connectivity index (χ0) is 12.1. The van der Waals surface area contributed by atoms with Gasteiger partial charge in [-0.25, -0.2) is 0 Å². The Bertz CT molecular complexity index is 421. The molecule has 3 nitrogen and oxygen atoms in total. The van der Waals surface area contributed by atoms with Crippen molar-refractivity contribution >= 4 is 23.0 Å². The van der Waals surface area contributed by atoms with Crippen molar-refractivity contribution in [3.8, 4) is 6.07 Å². The highest BCUT2D eigenvalue weighted by atomic mass is 32.1. The lowest BCUT2D eigenvalue weighted by atomic mass is 10.2. The summed E-state index contributed by atoms with van der Waals surface area (Å²) in [5.74, 6) is 0.